The molecule has 0 saturated carbocycles. The monoisotopic (exact) mass is 319 g/mol. The molecule has 1 aromatic carbocycles. The largest absolute Gasteiger partial charge is 0.433 e. The minimum atomic E-state index is -4.50. The van der Waals surface area contributed by atoms with E-state index in [1.807, 2.05) is 30.3 Å². The lowest BCUT2D eigenvalue weighted by Crippen LogP contribution is -2.09. The van der Waals surface area contributed by atoms with Gasteiger partial charge in [-0.25, -0.2) is 9.97 Å². The topological polar surface area (TPSA) is 55.6 Å². The van der Waals surface area contributed by atoms with Crippen LogP contribution < -0.4 is 5.32 Å². The van der Waals surface area contributed by atoms with Gasteiger partial charge in [0.15, 0.2) is 0 Å². The highest BCUT2D eigenvalue weighted by molar-refractivity contribution is 5.50. The zero-order chi connectivity index (χ0) is 16.3. The minimum absolute atomic E-state index is 0.126. The van der Waals surface area contributed by atoms with Gasteiger partial charge in [0.25, 0.3) is 0 Å². The third-order valence-electron chi connectivity index (χ3n) is 3.02. The molecule has 118 valence electrons. The van der Waals surface area contributed by atoms with Crippen molar-refractivity contribution in [3.05, 3.63) is 66.2 Å². The Morgan fingerprint density at radius 3 is 2.61 bits per heavy atom. The first-order valence-corrected chi connectivity index (χ1v) is 6.74. The predicted molar refractivity (Wildman–Crippen MR) is 78.1 cm³/mol. The Balaban J connectivity index is 1.72. The van der Waals surface area contributed by atoms with Crippen LogP contribution in [-0.4, -0.2) is 19.7 Å². The molecule has 0 radical (unpaired) electrons. The highest BCUT2D eigenvalue weighted by atomic mass is 19.4. The van der Waals surface area contributed by atoms with Crippen molar-refractivity contribution in [1.82, 2.24) is 19.7 Å². The van der Waals surface area contributed by atoms with Gasteiger partial charge in [-0.1, -0.05) is 30.3 Å². The standard InChI is InChI=1S/C15H12F3N5/c16-15(17,18)13-6-7-19-14(22-13)21-12-8-20-23(10-12)9-11-4-2-1-3-5-11/h1-8,10H,9H2,(H,19,21,22). The fraction of sp³-hybridized carbons (Fsp3) is 0.133. The average molecular weight is 319 g/mol. The third-order valence-corrected chi connectivity index (χ3v) is 3.02. The molecule has 23 heavy (non-hydrogen) atoms. The van der Waals surface area contributed by atoms with Crippen LogP contribution in [0.15, 0.2) is 55.0 Å². The van der Waals surface area contributed by atoms with Gasteiger partial charge in [-0.3, -0.25) is 4.68 Å². The number of nitrogens with one attached hydrogen (secondary N) is 1. The van der Waals surface area contributed by atoms with Gasteiger partial charge < -0.3 is 5.32 Å². The Morgan fingerprint density at radius 2 is 1.87 bits per heavy atom. The average Bonchev–Trinajstić information content (AvgIpc) is 2.95. The van der Waals surface area contributed by atoms with Gasteiger partial charge in [-0.05, 0) is 11.6 Å². The third kappa shape index (κ3) is 3.85. The molecule has 0 spiro atoms. The molecule has 0 aliphatic rings. The van der Waals surface area contributed by atoms with E-state index < -0.39 is 11.9 Å². The van der Waals surface area contributed by atoms with E-state index in [0.29, 0.717) is 12.2 Å². The number of hydrogen-bond donors (Lipinski definition) is 1. The molecule has 0 aliphatic heterocycles. The van der Waals surface area contributed by atoms with Gasteiger partial charge in [0.1, 0.15) is 5.69 Å². The van der Waals surface area contributed by atoms with Crippen molar-refractivity contribution in [2.75, 3.05) is 5.32 Å². The first-order valence-electron chi connectivity index (χ1n) is 6.74. The maximum atomic E-state index is 12.6. The molecule has 8 heteroatoms. The molecule has 1 N–H and O–H groups in total. The summed E-state index contributed by atoms with van der Waals surface area (Å²) in [5, 5.41) is 6.87. The zero-order valence-corrected chi connectivity index (χ0v) is 11.8. The summed E-state index contributed by atoms with van der Waals surface area (Å²) in [5.41, 5.74) is 0.587. The molecule has 2 aromatic heterocycles. The van der Waals surface area contributed by atoms with Crippen LogP contribution >= 0.6 is 0 Å². The molecule has 0 atom stereocenters. The molecule has 3 aromatic rings. The van der Waals surface area contributed by atoms with Crippen LogP contribution in [0.5, 0.6) is 0 Å². The van der Waals surface area contributed by atoms with Gasteiger partial charge in [-0.2, -0.15) is 18.3 Å². The number of hydrogen-bond acceptors (Lipinski definition) is 4. The SMILES string of the molecule is FC(F)(F)c1ccnc(Nc2cnn(Cc3ccccc3)c2)n1. The summed E-state index contributed by atoms with van der Waals surface area (Å²) in [6, 6.07) is 10.5. The molecule has 0 aliphatic carbocycles. The fourth-order valence-electron chi connectivity index (χ4n) is 1.99. The molecule has 3 rings (SSSR count). The van der Waals surface area contributed by atoms with Crippen LogP contribution in [-0.2, 0) is 12.7 Å². The Bertz CT molecular complexity index is 783. The van der Waals surface area contributed by atoms with E-state index >= 15 is 0 Å². The van der Waals surface area contributed by atoms with Gasteiger partial charge in [0.2, 0.25) is 5.95 Å². The van der Waals surface area contributed by atoms with Gasteiger partial charge in [0.05, 0.1) is 18.4 Å². The normalized spacial score (nSPS) is 11.4. The van der Waals surface area contributed by atoms with Crippen molar-refractivity contribution in [3.8, 4) is 0 Å². The van der Waals surface area contributed by atoms with Crippen molar-refractivity contribution >= 4 is 11.6 Å². The Morgan fingerprint density at radius 1 is 1.09 bits per heavy atom. The summed E-state index contributed by atoms with van der Waals surface area (Å²) in [5.74, 6) is -0.126. The first kappa shape index (κ1) is 15.0. The van der Waals surface area contributed by atoms with Crippen LogP contribution in [0.3, 0.4) is 0 Å². The van der Waals surface area contributed by atoms with Crippen molar-refractivity contribution in [2.45, 2.75) is 12.7 Å². The summed E-state index contributed by atoms with van der Waals surface area (Å²) < 4.78 is 39.5. The molecule has 0 bridgehead atoms. The molecule has 2 heterocycles. The van der Waals surface area contributed by atoms with E-state index in [1.165, 1.54) is 6.20 Å². The predicted octanol–water partition coefficient (Wildman–Crippen LogP) is 3.48. The van der Waals surface area contributed by atoms with E-state index in [-0.39, 0.29) is 5.95 Å². The molecule has 0 fully saturated rings. The smallest absolute Gasteiger partial charge is 0.321 e. The van der Waals surface area contributed by atoms with Crippen molar-refractivity contribution < 1.29 is 13.2 Å². The molecular weight excluding hydrogens is 307 g/mol. The van der Waals surface area contributed by atoms with Gasteiger partial charge >= 0.3 is 6.18 Å². The molecular formula is C15H12F3N5. The van der Waals surface area contributed by atoms with E-state index in [0.717, 1.165) is 17.8 Å². The van der Waals surface area contributed by atoms with E-state index in [2.05, 4.69) is 20.4 Å². The lowest BCUT2D eigenvalue weighted by molar-refractivity contribution is -0.141. The number of benzene rings is 1. The van der Waals surface area contributed by atoms with Gasteiger partial charge in [-0.15, -0.1) is 0 Å². The summed E-state index contributed by atoms with van der Waals surface area (Å²) in [6.07, 6.45) is -0.257. The highest BCUT2D eigenvalue weighted by Crippen LogP contribution is 2.27. The maximum Gasteiger partial charge on any atom is 0.433 e. The first-order chi connectivity index (χ1) is 11.0. The molecule has 0 amide bonds. The summed E-state index contributed by atoms with van der Waals surface area (Å²) in [4.78, 5) is 7.23. The quantitative estimate of drug-likeness (QED) is 0.800. The second-order valence-corrected chi connectivity index (χ2v) is 4.80. The van der Waals surface area contributed by atoms with E-state index in [1.54, 1.807) is 10.9 Å². The summed E-state index contributed by atoms with van der Waals surface area (Å²) in [7, 11) is 0. The fourth-order valence-corrected chi connectivity index (χ4v) is 1.99. The van der Waals surface area contributed by atoms with Crippen molar-refractivity contribution in [3.63, 3.8) is 0 Å². The minimum Gasteiger partial charge on any atom is -0.321 e. The number of rotatable bonds is 4. The van der Waals surface area contributed by atoms with Gasteiger partial charge in [0, 0.05) is 12.4 Å². The molecule has 0 unspecified atom stereocenters. The molecule has 0 saturated heterocycles. The maximum absolute atomic E-state index is 12.6. The lowest BCUT2D eigenvalue weighted by atomic mass is 10.2. The van der Waals surface area contributed by atoms with Crippen molar-refractivity contribution in [2.24, 2.45) is 0 Å². The highest BCUT2D eigenvalue weighted by Gasteiger charge is 2.32. The van der Waals surface area contributed by atoms with Crippen LogP contribution in [0.1, 0.15) is 11.3 Å². The van der Waals surface area contributed by atoms with E-state index in [9.17, 15) is 13.2 Å². The second-order valence-electron chi connectivity index (χ2n) is 4.80. The Hall–Kier alpha value is -2.90. The van der Waals surface area contributed by atoms with Crippen LogP contribution in [0.4, 0.5) is 24.8 Å². The summed E-state index contributed by atoms with van der Waals surface area (Å²) >= 11 is 0. The van der Waals surface area contributed by atoms with Crippen molar-refractivity contribution in [1.29, 1.82) is 0 Å². The second kappa shape index (κ2) is 6.07. The number of halogens is 3. The van der Waals surface area contributed by atoms with Crippen LogP contribution in [0.25, 0.3) is 0 Å². The molecule has 5 nitrogen and oxygen atoms in total. The number of nitrogens with zero attached hydrogens (tertiary/aromatic N) is 4. The van der Waals surface area contributed by atoms with Crippen LogP contribution in [0.2, 0.25) is 0 Å². The summed E-state index contributed by atoms with van der Waals surface area (Å²) in [6.45, 7) is 0.561. The Kier molecular flexibility index (Phi) is 3.96. The number of aromatic nitrogens is 4. The zero-order valence-electron chi connectivity index (χ0n) is 11.8. The van der Waals surface area contributed by atoms with E-state index in [4.69, 9.17) is 0 Å². The lowest BCUT2D eigenvalue weighted by Gasteiger charge is -2.07. The Labute approximate surface area is 129 Å². The number of alkyl halides is 3. The van der Waals surface area contributed by atoms with Crippen LogP contribution in [0, 0.1) is 0 Å². The number of anilines is 2.